The third kappa shape index (κ3) is 7.39. The maximum Gasteiger partial charge on any atom is 0.307 e. The molecule has 0 aliphatic rings. The van der Waals surface area contributed by atoms with E-state index in [2.05, 4.69) is 5.32 Å². The normalized spacial score (nSPS) is 15.2. The number of hydrogen-bond donors (Lipinski definition) is 2. The lowest BCUT2D eigenvalue weighted by Crippen LogP contribution is -2.43. The van der Waals surface area contributed by atoms with Crippen molar-refractivity contribution in [2.24, 2.45) is 5.92 Å². The minimum atomic E-state index is -1.43. The Morgan fingerprint density at radius 3 is 2.25 bits per heavy atom. The van der Waals surface area contributed by atoms with E-state index < -0.39 is 22.7 Å². The number of hydrogen-bond acceptors (Lipinski definition) is 3. The Balaban J connectivity index is 4.07. The van der Waals surface area contributed by atoms with Gasteiger partial charge in [0.1, 0.15) is 5.75 Å². The zero-order valence-electron chi connectivity index (χ0n) is 10.1. The molecule has 0 saturated heterocycles. The van der Waals surface area contributed by atoms with Gasteiger partial charge < -0.3 is 10.4 Å². The Bertz CT molecular complexity index is 296. The Hall–Kier alpha value is -0.910. The van der Waals surface area contributed by atoms with Crippen molar-refractivity contribution in [2.75, 3.05) is 11.5 Å². The SMILES string of the molecule is CC(CS(=O)CC(=O)NC(C)(C)C)C(=O)O. The van der Waals surface area contributed by atoms with Crippen LogP contribution in [0.4, 0.5) is 0 Å². The first-order valence-corrected chi connectivity index (χ1v) is 6.49. The Morgan fingerprint density at radius 2 is 1.88 bits per heavy atom. The fourth-order valence-corrected chi connectivity index (χ4v) is 2.19. The highest BCUT2D eigenvalue weighted by molar-refractivity contribution is 7.85. The summed E-state index contributed by atoms with van der Waals surface area (Å²) in [5.74, 6) is -2.14. The van der Waals surface area contributed by atoms with Gasteiger partial charge in [0.2, 0.25) is 5.91 Å². The molecule has 0 heterocycles. The van der Waals surface area contributed by atoms with E-state index in [1.807, 2.05) is 20.8 Å². The van der Waals surface area contributed by atoms with Crippen LogP contribution in [0.15, 0.2) is 0 Å². The predicted octanol–water partition coefficient (Wildman–Crippen LogP) is 0.370. The van der Waals surface area contributed by atoms with Crippen LogP contribution < -0.4 is 5.32 Å². The van der Waals surface area contributed by atoms with Gasteiger partial charge in [0, 0.05) is 22.1 Å². The molecule has 0 aromatic heterocycles. The third-order valence-electron chi connectivity index (χ3n) is 1.66. The van der Waals surface area contributed by atoms with Gasteiger partial charge in [-0.2, -0.15) is 0 Å². The molecule has 0 fully saturated rings. The van der Waals surface area contributed by atoms with Gasteiger partial charge >= 0.3 is 5.97 Å². The molecular formula is C10H19NO4S. The quantitative estimate of drug-likeness (QED) is 0.737. The van der Waals surface area contributed by atoms with E-state index in [4.69, 9.17) is 5.11 Å². The third-order valence-corrected chi connectivity index (χ3v) is 3.12. The van der Waals surface area contributed by atoms with Gasteiger partial charge in [-0.15, -0.1) is 0 Å². The van der Waals surface area contributed by atoms with Crippen LogP contribution in [-0.4, -0.2) is 38.2 Å². The van der Waals surface area contributed by atoms with E-state index in [-0.39, 0.29) is 23.0 Å². The monoisotopic (exact) mass is 249 g/mol. The summed E-state index contributed by atoms with van der Waals surface area (Å²) >= 11 is 0. The lowest BCUT2D eigenvalue weighted by Gasteiger charge is -2.20. The van der Waals surface area contributed by atoms with E-state index >= 15 is 0 Å². The smallest absolute Gasteiger partial charge is 0.307 e. The molecule has 0 rings (SSSR count). The summed E-state index contributed by atoms with van der Waals surface area (Å²) in [6, 6.07) is 0. The van der Waals surface area contributed by atoms with Crippen LogP contribution in [0.3, 0.4) is 0 Å². The van der Waals surface area contributed by atoms with E-state index in [0.717, 1.165) is 0 Å². The van der Waals surface area contributed by atoms with Crippen LogP contribution in [0.25, 0.3) is 0 Å². The van der Waals surface area contributed by atoms with Gasteiger partial charge in [0.25, 0.3) is 0 Å². The fraction of sp³-hybridized carbons (Fsp3) is 0.800. The second kappa shape index (κ2) is 5.98. The van der Waals surface area contributed by atoms with Crippen LogP contribution in [0.5, 0.6) is 0 Å². The molecule has 2 unspecified atom stereocenters. The minimum Gasteiger partial charge on any atom is -0.481 e. The molecule has 0 radical (unpaired) electrons. The van der Waals surface area contributed by atoms with Gasteiger partial charge in [-0.05, 0) is 20.8 Å². The lowest BCUT2D eigenvalue weighted by molar-refractivity contribution is -0.140. The topological polar surface area (TPSA) is 83.5 Å². The van der Waals surface area contributed by atoms with Crippen LogP contribution in [0.2, 0.25) is 0 Å². The molecule has 2 atom stereocenters. The average Bonchev–Trinajstić information content (AvgIpc) is 1.98. The van der Waals surface area contributed by atoms with Gasteiger partial charge in [-0.25, -0.2) is 0 Å². The van der Waals surface area contributed by atoms with Crippen LogP contribution in [0.1, 0.15) is 27.7 Å². The standard InChI is InChI=1S/C10H19NO4S/c1-7(9(13)14)5-16(15)6-8(12)11-10(2,3)4/h7H,5-6H2,1-4H3,(H,11,12)(H,13,14). The highest BCUT2D eigenvalue weighted by atomic mass is 32.2. The molecule has 0 aliphatic heterocycles. The van der Waals surface area contributed by atoms with Crippen molar-refractivity contribution in [3.8, 4) is 0 Å². The molecule has 0 aromatic rings. The highest BCUT2D eigenvalue weighted by Crippen LogP contribution is 2.01. The van der Waals surface area contributed by atoms with Gasteiger partial charge in [0.05, 0.1) is 5.92 Å². The zero-order chi connectivity index (χ0) is 12.9. The number of rotatable bonds is 5. The maximum absolute atomic E-state index is 11.4. The molecule has 0 bridgehead atoms. The minimum absolute atomic E-state index is 0.00684. The summed E-state index contributed by atoms with van der Waals surface area (Å²) in [5.41, 5.74) is -0.361. The number of carboxylic acids is 1. The summed E-state index contributed by atoms with van der Waals surface area (Å²) in [6.07, 6.45) is 0. The molecule has 0 aromatic carbocycles. The van der Waals surface area contributed by atoms with Crippen molar-refractivity contribution in [3.05, 3.63) is 0 Å². The number of carbonyl (C=O) groups excluding carboxylic acids is 1. The first-order valence-electron chi connectivity index (χ1n) is 5.00. The second-order valence-electron chi connectivity index (χ2n) is 4.79. The average molecular weight is 249 g/mol. The Kier molecular flexibility index (Phi) is 5.64. The van der Waals surface area contributed by atoms with Crippen molar-refractivity contribution >= 4 is 22.7 Å². The summed E-state index contributed by atoms with van der Waals surface area (Å²) in [4.78, 5) is 21.9. The molecule has 94 valence electrons. The second-order valence-corrected chi connectivity index (χ2v) is 6.29. The summed E-state index contributed by atoms with van der Waals surface area (Å²) in [7, 11) is -1.43. The first-order chi connectivity index (χ1) is 7.11. The maximum atomic E-state index is 11.4. The van der Waals surface area contributed by atoms with E-state index in [1.165, 1.54) is 6.92 Å². The van der Waals surface area contributed by atoms with E-state index in [9.17, 15) is 13.8 Å². The fourth-order valence-electron chi connectivity index (χ4n) is 1.01. The largest absolute Gasteiger partial charge is 0.481 e. The highest BCUT2D eigenvalue weighted by Gasteiger charge is 2.19. The Labute approximate surface area is 98.1 Å². The molecule has 16 heavy (non-hydrogen) atoms. The molecular weight excluding hydrogens is 230 g/mol. The van der Waals surface area contributed by atoms with Crippen molar-refractivity contribution in [1.82, 2.24) is 5.32 Å². The number of nitrogens with one attached hydrogen (secondary N) is 1. The molecule has 0 spiro atoms. The first kappa shape index (κ1) is 15.1. The molecule has 0 saturated carbocycles. The van der Waals surface area contributed by atoms with Crippen LogP contribution >= 0.6 is 0 Å². The Morgan fingerprint density at radius 1 is 1.38 bits per heavy atom. The number of carboxylic acid groups (broad SMARTS) is 1. The number of carbonyl (C=O) groups is 2. The van der Waals surface area contributed by atoms with Gasteiger partial charge in [-0.1, -0.05) is 6.92 Å². The van der Waals surface area contributed by atoms with Crippen LogP contribution in [0, 0.1) is 5.92 Å². The number of amides is 1. The summed E-state index contributed by atoms with van der Waals surface area (Å²) in [6.45, 7) is 6.96. The molecule has 2 N–H and O–H groups in total. The van der Waals surface area contributed by atoms with Gasteiger partial charge in [-0.3, -0.25) is 13.8 Å². The summed E-state index contributed by atoms with van der Waals surface area (Å²) < 4.78 is 11.4. The van der Waals surface area contributed by atoms with E-state index in [0.29, 0.717) is 0 Å². The molecule has 5 nitrogen and oxygen atoms in total. The summed E-state index contributed by atoms with van der Waals surface area (Å²) in [5, 5.41) is 11.3. The predicted molar refractivity (Wildman–Crippen MR) is 62.6 cm³/mol. The van der Waals surface area contributed by atoms with E-state index in [1.54, 1.807) is 0 Å². The van der Waals surface area contributed by atoms with Crippen molar-refractivity contribution in [3.63, 3.8) is 0 Å². The van der Waals surface area contributed by atoms with Crippen molar-refractivity contribution in [2.45, 2.75) is 33.2 Å². The molecule has 6 heteroatoms. The molecule has 0 aliphatic carbocycles. The lowest BCUT2D eigenvalue weighted by atomic mass is 10.1. The van der Waals surface area contributed by atoms with Gasteiger partial charge in [0.15, 0.2) is 0 Å². The van der Waals surface area contributed by atoms with Crippen molar-refractivity contribution < 1.29 is 18.9 Å². The molecule has 1 amide bonds. The van der Waals surface area contributed by atoms with Crippen LogP contribution in [-0.2, 0) is 20.4 Å². The van der Waals surface area contributed by atoms with Crippen molar-refractivity contribution in [1.29, 1.82) is 0 Å². The number of aliphatic carboxylic acids is 1. The zero-order valence-corrected chi connectivity index (χ0v) is 10.9.